The molecule has 1 aromatic heterocycles. The fourth-order valence-electron chi connectivity index (χ4n) is 2.71. The first-order valence-corrected chi connectivity index (χ1v) is 10.7. The topological polar surface area (TPSA) is 59.1 Å². The summed E-state index contributed by atoms with van der Waals surface area (Å²) < 4.78 is 41.9. The molecule has 3 aromatic carbocycles. The Morgan fingerprint density at radius 3 is 2.37 bits per heavy atom. The molecule has 0 fully saturated rings. The average Bonchev–Trinajstić information content (AvgIpc) is 3.08. The third-order valence-electron chi connectivity index (χ3n) is 4.00. The number of hydrogen-bond donors (Lipinski definition) is 1. The second-order valence-corrected chi connectivity index (χ2v) is 8.77. The van der Waals surface area contributed by atoms with Gasteiger partial charge in [-0.15, -0.1) is 11.3 Å². The Hall–Kier alpha value is -2.77. The fourth-order valence-corrected chi connectivity index (χ4v) is 4.89. The maximum Gasteiger partial charge on any atom is 0.237 e. The molecule has 0 aliphatic rings. The van der Waals surface area contributed by atoms with E-state index >= 15 is 0 Å². The summed E-state index contributed by atoms with van der Waals surface area (Å²) in [5.41, 5.74) is 2.41. The van der Waals surface area contributed by atoms with E-state index in [0.29, 0.717) is 5.69 Å². The summed E-state index contributed by atoms with van der Waals surface area (Å²) in [6.45, 7) is 0. The van der Waals surface area contributed by atoms with Gasteiger partial charge in [0.1, 0.15) is 10.8 Å². The van der Waals surface area contributed by atoms with Crippen molar-refractivity contribution in [3.63, 3.8) is 0 Å². The van der Waals surface area contributed by atoms with Gasteiger partial charge in [0.05, 0.1) is 16.0 Å². The molecule has 0 saturated heterocycles. The van der Waals surface area contributed by atoms with Crippen LogP contribution in [-0.4, -0.2) is 13.4 Å². The Kier molecular flexibility index (Phi) is 4.63. The quantitative estimate of drug-likeness (QED) is 0.512. The van der Waals surface area contributed by atoms with Crippen molar-refractivity contribution >= 4 is 37.3 Å². The molecule has 4 aromatic rings. The fraction of sp³-hybridized carbons (Fsp3) is 0.0500. The molecular formula is C20H15FN2O2S2. The van der Waals surface area contributed by atoms with Gasteiger partial charge in [-0.3, -0.25) is 4.72 Å². The van der Waals surface area contributed by atoms with Gasteiger partial charge in [0.15, 0.2) is 0 Å². The number of hydrogen-bond acceptors (Lipinski definition) is 4. The maximum atomic E-state index is 13.7. The minimum Gasteiger partial charge on any atom is -0.283 e. The molecule has 0 aliphatic heterocycles. The highest BCUT2D eigenvalue weighted by atomic mass is 32.2. The van der Waals surface area contributed by atoms with Crippen LogP contribution in [0.25, 0.3) is 20.8 Å². The van der Waals surface area contributed by atoms with Gasteiger partial charge in [-0.25, -0.2) is 17.8 Å². The summed E-state index contributed by atoms with van der Waals surface area (Å²) >= 11 is 1.58. The van der Waals surface area contributed by atoms with Gasteiger partial charge in [-0.2, -0.15) is 0 Å². The van der Waals surface area contributed by atoms with Crippen molar-refractivity contribution in [3.8, 4) is 10.6 Å². The number of para-hydroxylation sites is 1. The first-order valence-electron chi connectivity index (χ1n) is 8.20. The molecule has 0 amide bonds. The lowest BCUT2D eigenvalue weighted by molar-refractivity contribution is 0.591. The van der Waals surface area contributed by atoms with E-state index in [9.17, 15) is 12.8 Å². The monoisotopic (exact) mass is 398 g/mol. The Balaban J connectivity index is 1.52. The van der Waals surface area contributed by atoms with Crippen molar-refractivity contribution in [1.82, 2.24) is 4.98 Å². The van der Waals surface area contributed by atoms with Crippen molar-refractivity contribution in [3.05, 3.63) is 84.2 Å². The van der Waals surface area contributed by atoms with Crippen molar-refractivity contribution in [2.24, 2.45) is 0 Å². The second kappa shape index (κ2) is 7.09. The third-order valence-corrected chi connectivity index (χ3v) is 6.33. The molecule has 0 saturated carbocycles. The molecule has 4 nitrogen and oxygen atoms in total. The molecule has 1 N–H and O–H groups in total. The van der Waals surface area contributed by atoms with Gasteiger partial charge >= 0.3 is 0 Å². The Labute approximate surface area is 160 Å². The number of aromatic nitrogens is 1. The molecule has 4 rings (SSSR count). The van der Waals surface area contributed by atoms with Crippen LogP contribution in [0, 0.1) is 5.82 Å². The summed E-state index contributed by atoms with van der Waals surface area (Å²) in [7, 11) is -3.71. The van der Waals surface area contributed by atoms with Crippen LogP contribution >= 0.6 is 11.3 Å². The summed E-state index contributed by atoms with van der Waals surface area (Å²) in [6.07, 6.45) is 0. The highest BCUT2D eigenvalue weighted by Gasteiger charge is 2.15. The van der Waals surface area contributed by atoms with Crippen LogP contribution in [0.4, 0.5) is 10.1 Å². The van der Waals surface area contributed by atoms with Gasteiger partial charge in [-0.05, 0) is 42.5 Å². The van der Waals surface area contributed by atoms with Crippen LogP contribution in [-0.2, 0) is 15.8 Å². The van der Waals surface area contributed by atoms with E-state index in [4.69, 9.17) is 0 Å². The zero-order valence-electron chi connectivity index (χ0n) is 14.1. The van der Waals surface area contributed by atoms with E-state index < -0.39 is 21.6 Å². The van der Waals surface area contributed by atoms with Gasteiger partial charge in [0.2, 0.25) is 10.0 Å². The lowest BCUT2D eigenvalue weighted by atomic mass is 10.2. The molecular weight excluding hydrogens is 383 g/mol. The van der Waals surface area contributed by atoms with E-state index in [2.05, 4.69) is 9.71 Å². The number of nitrogens with zero attached hydrogens (tertiary/aromatic N) is 1. The number of thiazole rings is 1. The molecule has 0 atom stereocenters. The number of anilines is 1. The maximum absolute atomic E-state index is 13.7. The lowest BCUT2D eigenvalue weighted by Crippen LogP contribution is -2.15. The van der Waals surface area contributed by atoms with Crippen LogP contribution in [0.3, 0.4) is 0 Å². The van der Waals surface area contributed by atoms with E-state index in [1.807, 2.05) is 36.4 Å². The van der Waals surface area contributed by atoms with Crippen molar-refractivity contribution in [2.75, 3.05) is 4.72 Å². The molecule has 0 aliphatic carbocycles. The Morgan fingerprint density at radius 2 is 1.63 bits per heavy atom. The number of halogens is 1. The first kappa shape index (κ1) is 17.6. The predicted molar refractivity (Wildman–Crippen MR) is 108 cm³/mol. The number of sulfonamides is 1. The van der Waals surface area contributed by atoms with E-state index in [0.717, 1.165) is 20.8 Å². The lowest BCUT2D eigenvalue weighted by Gasteiger charge is -2.09. The molecule has 0 radical (unpaired) electrons. The van der Waals surface area contributed by atoms with Crippen LogP contribution in [0.15, 0.2) is 72.8 Å². The average molecular weight is 398 g/mol. The van der Waals surface area contributed by atoms with Crippen LogP contribution < -0.4 is 4.72 Å². The zero-order valence-corrected chi connectivity index (χ0v) is 15.7. The Bertz CT molecular complexity index is 1170. The van der Waals surface area contributed by atoms with Crippen molar-refractivity contribution < 1.29 is 12.8 Å². The minimum absolute atomic E-state index is 0.135. The zero-order chi connectivity index (χ0) is 18.9. The van der Waals surface area contributed by atoms with Gasteiger partial charge < -0.3 is 0 Å². The van der Waals surface area contributed by atoms with Gasteiger partial charge in [0, 0.05) is 16.8 Å². The predicted octanol–water partition coefficient (Wildman–Crippen LogP) is 5.04. The van der Waals surface area contributed by atoms with Crippen LogP contribution in [0.1, 0.15) is 5.56 Å². The standard InChI is InChI=1S/C20H15FN2O2S2/c21-17-6-2-1-5-15(17)13-27(24,25)23-16-11-9-14(10-12-16)20-22-18-7-3-4-8-19(18)26-20/h1-12,23H,13H2. The summed E-state index contributed by atoms with van der Waals surface area (Å²) in [5.74, 6) is -0.951. The molecule has 7 heteroatoms. The molecule has 136 valence electrons. The van der Waals surface area contributed by atoms with Gasteiger partial charge in [0.25, 0.3) is 0 Å². The number of fused-ring (bicyclic) bond motifs is 1. The van der Waals surface area contributed by atoms with E-state index in [1.54, 1.807) is 29.5 Å². The third kappa shape index (κ3) is 3.99. The smallest absolute Gasteiger partial charge is 0.237 e. The van der Waals surface area contributed by atoms with Crippen LogP contribution in [0.2, 0.25) is 0 Å². The second-order valence-electron chi connectivity index (χ2n) is 6.02. The van der Waals surface area contributed by atoms with Crippen molar-refractivity contribution in [2.45, 2.75) is 5.75 Å². The number of nitrogens with one attached hydrogen (secondary N) is 1. The summed E-state index contributed by atoms with van der Waals surface area (Å²) in [5, 5.41) is 0.872. The highest BCUT2D eigenvalue weighted by molar-refractivity contribution is 7.91. The SMILES string of the molecule is O=S(=O)(Cc1ccccc1F)Nc1ccc(-c2nc3ccccc3s2)cc1. The normalized spacial score (nSPS) is 11.6. The van der Waals surface area contributed by atoms with Gasteiger partial charge in [-0.1, -0.05) is 30.3 Å². The largest absolute Gasteiger partial charge is 0.283 e. The summed E-state index contributed by atoms with van der Waals surface area (Å²) in [6, 6.07) is 20.7. The molecule has 27 heavy (non-hydrogen) atoms. The first-order chi connectivity index (χ1) is 13.0. The number of benzene rings is 3. The molecule has 0 unspecified atom stereocenters. The van der Waals surface area contributed by atoms with E-state index in [1.165, 1.54) is 18.2 Å². The van der Waals surface area contributed by atoms with Crippen molar-refractivity contribution in [1.29, 1.82) is 0 Å². The molecule has 1 heterocycles. The van der Waals surface area contributed by atoms with Crippen LogP contribution in [0.5, 0.6) is 0 Å². The Morgan fingerprint density at radius 1 is 0.926 bits per heavy atom. The summed E-state index contributed by atoms with van der Waals surface area (Å²) in [4.78, 5) is 4.59. The van der Waals surface area contributed by atoms with E-state index in [-0.39, 0.29) is 5.56 Å². The number of rotatable bonds is 5. The molecule has 0 bridgehead atoms. The minimum atomic E-state index is -3.71. The molecule has 0 spiro atoms. The highest BCUT2D eigenvalue weighted by Crippen LogP contribution is 2.30.